The number of piperidine rings is 1. The SMILES string of the molecule is CC(=O)Nc1ccc(CC(=O)N2CCC(C)CC2CN)cc1.Cl. The topological polar surface area (TPSA) is 75.4 Å². The molecule has 0 spiro atoms. The molecule has 0 bridgehead atoms. The number of rotatable bonds is 4. The molecule has 1 aromatic rings. The number of amides is 2. The van der Waals surface area contributed by atoms with Crippen LogP contribution in [0.2, 0.25) is 0 Å². The lowest BCUT2D eigenvalue weighted by atomic mass is 9.92. The average molecular weight is 340 g/mol. The number of anilines is 1. The summed E-state index contributed by atoms with van der Waals surface area (Å²) >= 11 is 0. The van der Waals surface area contributed by atoms with Crippen LogP contribution in [0.3, 0.4) is 0 Å². The summed E-state index contributed by atoms with van der Waals surface area (Å²) in [4.78, 5) is 25.4. The number of hydrogen-bond acceptors (Lipinski definition) is 3. The fourth-order valence-corrected chi connectivity index (χ4v) is 2.99. The Hall–Kier alpha value is -1.59. The molecule has 0 radical (unpaired) electrons. The molecule has 0 aromatic heterocycles. The first-order valence-electron chi connectivity index (χ1n) is 7.85. The van der Waals surface area contributed by atoms with Crippen LogP contribution in [0, 0.1) is 5.92 Å². The van der Waals surface area contributed by atoms with Gasteiger partial charge in [-0.1, -0.05) is 19.1 Å². The third-order valence-corrected chi connectivity index (χ3v) is 4.20. The highest BCUT2D eigenvalue weighted by Gasteiger charge is 2.28. The first-order valence-corrected chi connectivity index (χ1v) is 7.85. The van der Waals surface area contributed by atoms with Crippen molar-refractivity contribution in [3.63, 3.8) is 0 Å². The van der Waals surface area contributed by atoms with Gasteiger partial charge >= 0.3 is 0 Å². The molecule has 0 aliphatic carbocycles. The van der Waals surface area contributed by atoms with E-state index in [1.165, 1.54) is 6.92 Å². The Morgan fingerprint density at radius 2 is 1.96 bits per heavy atom. The zero-order valence-corrected chi connectivity index (χ0v) is 14.6. The molecule has 1 aromatic carbocycles. The molecule has 128 valence electrons. The Labute approximate surface area is 144 Å². The third kappa shape index (κ3) is 5.52. The Morgan fingerprint density at radius 3 is 2.52 bits per heavy atom. The molecule has 5 nitrogen and oxygen atoms in total. The fourth-order valence-electron chi connectivity index (χ4n) is 2.99. The standard InChI is InChI=1S/C17H25N3O2.ClH/c1-12-7-8-20(16(9-12)11-18)17(22)10-14-3-5-15(6-4-14)19-13(2)21;/h3-6,12,16H,7-11,18H2,1-2H3,(H,19,21);1H. The van der Waals surface area contributed by atoms with Gasteiger partial charge in [0.05, 0.1) is 6.42 Å². The van der Waals surface area contributed by atoms with Crippen LogP contribution in [0.25, 0.3) is 0 Å². The number of nitrogens with one attached hydrogen (secondary N) is 1. The Morgan fingerprint density at radius 1 is 1.30 bits per heavy atom. The van der Waals surface area contributed by atoms with E-state index in [1.807, 2.05) is 29.2 Å². The van der Waals surface area contributed by atoms with E-state index in [-0.39, 0.29) is 30.3 Å². The van der Waals surface area contributed by atoms with Gasteiger partial charge in [0, 0.05) is 31.7 Å². The third-order valence-electron chi connectivity index (χ3n) is 4.20. The number of carbonyl (C=O) groups excluding carboxylic acids is 2. The molecular weight excluding hydrogens is 314 g/mol. The highest BCUT2D eigenvalue weighted by atomic mass is 35.5. The molecule has 3 N–H and O–H groups in total. The predicted molar refractivity (Wildman–Crippen MR) is 94.7 cm³/mol. The summed E-state index contributed by atoms with van der Waals surface area (Å²) in [6.07, 6.45) is 2.42. The van der Waals surface area contributed by atoms with Crippen molar-refractivity contribution in [2.24, 2.45) is 11.7 Å². The quantitative estimate of drug-likeness (QED) is 0.883. The van der Waals surface area contributed by atoms with E-state index in [9.17, 15) is 9.59 Å². The molecule has 1 saturated heterocycles. The number of benzene rings is 1. The summed E-state index contributed by atoms with van der Waals surface area (Å²) in [5, 5.41) is 2.72. The molecule has 1 aliphatic heterocycles. The number of nitrogens with two attached hydrogens (primary N) is 1. The molecule has 2 atom stereocenters. The first-order chi connectivity index (χ1) is 10.5. The minimum atomic E-state index is -0.1000. The summed E-state index contributed by atoms with van der Waals surface area (Å²) in [6, 6.07) is 7.57. The van der Waals surface area contributed by atoms with Crippen molar-refractivity contribution in [3.8, 4) is 0 Å². The molecular formula is C17H26ClN3O2. The van der Waals surface area contributed by atoms with Crippen molar-refractivity contribution in [2.45, 2.75) is 39.2 Å². The van der Waals surface area contributed by atoms with Gasteiger partial charge in [-0.3, -0.25) is 9.59 Å². The monoisotopic (exact) mass is 339 g/mol. The summed E-state index contributed by atoms with van der Waals surface area (Å²) in [6.45, 7) is 5.01. The van der Waals surface area contributed by atoms with Crippen molar-refractivity contribution >= 4 is 29.9 Å². The van der Waals surface area contributed by atoms with Gasteiger partial charge < -0.3 is 16.0 Å². The molecule has 1 heterocycles. The van der Waals surface area contributed by atoms with Gasteiger partial charge in [-0.25, -0.2) is 0 Å². The van der Waals surface area contributed by atoms with Crippen LogP contribution in [-0.4, -0.2) is 35.8 Å². The molecule has 0 saturated carbocycles. The maximum absolute atomic E-state index is 12.5. The molecule has 23 heavy (non-hydrogen) atoms. The van der Waals surface area contributed by atoms with Crippen molar-refractivity contribution in [2.75, 3.05) is 18.4 Å². The highest BCUT2D eigenvalue weighted by molar-refractivity contribution is 5.88. The minimum Gasteiger partial charge on any atom is -0.338 e. The van der Waals surface area contributed by atoms with Crippen LogP contribution in [0.5, 0.6) is 0 Å². The molecule has 1 aliphatic rings. The minimum absolute atomic E-state index is 0. The van der Waals surface area contributed by atoms with Gasteiger partial charge in [-0.05, 0) is 36.5 Å². The van der Waals surface area contributed by atoms with E-state index < -0.39 is 0 Å². The van der Waals surface area contributed by atoms with Crippen molar-refractivity contribution < 1.29 is 9.59 Å². The molecule has 2 rings (SSSR count). The van der Waals surface area contributed by atoms with Gasteiger partial charge in [-0.2, -0.15) is 0 Å². The summed E-state index contributed by atoms with van der Waals surface area (Å²) in [5.74, 6) is 0.668. The van der Waals surface area contributed by atoms with Crippen molar-refractivity contribution in [3.05, 3.63) is 29.8 Å². The van der Waals surface area contributed by atoms with Crippen LogP contribution in [-0.2, 0) is 16.0 Å². The summed E-state index contributed by atoms with van der Waals surface area (Å²) < 4.78 is 0. The maximum Gasteiger partial charge on any atom is 0.227 e. The second kappa shape index (κ2) is 8.89. The summed E-state index contributed by atoms with van der Waals surface area (Å²) in [5.41, 5.74) is 7.52. The molecule has 2 amide bonds. The van der Waals surface area contributed by atoms with E-state index in [2.05, 4.69) is 12.2 Å². The van der Waals surface area contributed by atoms with E-state index in [0.29, 0.717) is 18.9 Å². The second-order valence-electron chi connectivity index (χ2n) is 6.16. The highest BCUT2D eigenvalue weighted by Crippen LogP contribution is 2.23. The largest absolute Gasteiger partial charge is 0.338 e. The zero-order chi connectivity index (χ0) is 16.1. The lowest BCUT2D eigenvalue weighted by molar-refractivity contribution is -0.134. The van der Waals surface area contributed by atoms with Crippen molar-refractivity contribution in [1.82, 2.24) is 4.90 Å². The first kappa shape index (κ1) is 19.5. The van der Waals surface area contributed by atoms with E-state index in [1.54, 1.807) is 0 Å². The Balaban J connectivity index is 0.00000264. The van der Waals surface area contributed by atoms with Gasteiger partial charge in [-0.15, -0.1) is 12.4 Å². The smallest absolute Gasteiger partial charge is 0.227 e. The van der Waals surface area contributed by atoms with Gasteiger partial charge in [0.2, 0.25) is 11.8 Å². The summed E-state index contributed by atoms with van der Waals surface area (Å²) in [7, 11) is 0. The maximum atomic E-state index is 12.5. The van der Waals surface area contributed by atoms with Crippen LogP contribution in [0.1, 0.15) is 32.3 Å². The van der Waals surface area contributed by atoms with Crippen LogP contribution in [0.4, 0.5) is 5.69 Å². The second-order valence-corrected chi connectivity index (χ2v) is 6.16. The normalized spacial score (nSPS) is 20.6. The number of hydrogen-bond donors (Lipinski definition) is 2. The predicted octanol–water partition coefficient (Wildman–Crippen LogP) is 2.20. The van der Waals surface area contributed by atoms with Gasteiger partial charge in [0.15, 0.2) is 0 Å². The molecule has 6 heteroatoms. The zero-order valence-electron chi connectivity index (χ0n) is 13.7. The van der Waals surface area contributed by atoms with E-state index in [4.69, 9.17) is 5.73 Å². The Kier molecular flexibility index (Phi) is 7.52. The van der Waals surface area contributed by atoms with E-state index in [0.717, 1.165) is 30.6 Å². The fraction of sp³-hybridized carbons (Fsp3) is 0.529. The lowest BCUT2D eigenvalue weighted by Crippen LogP contribution is -2.49. The average Bonchev–Trinajstić information content (AvgIpc) is 2.48. The lowest BCUT2D eigenvalue weighted by Gasteiger charge is -2.38. The number of carbonyl (C=O) groups is 2. The van der Waals surface area contributed by atoms with Gasteiger partial charge in [0.1, 0.15) is 0 Å². The van der Waals surface area contributed by atoms with Crippen LogP contribution >= 0.6 is 12.4 Å². The molecule has 2 unspecified atom stereocenters. The van der Waals surface area contributed by atoms with Gasteiger partial charge in [0.25, 0.3) is 0 Å². The molecule has 1 fully saturated rings. The van der Waals surface area contributed by atoms with Crippen molar-refractivity contribution in [1.29, 1.82) is 0 Å². The van der Waals surface area contributed by atoms with Crippen LogP contribution < -0.4 is 11.1 Å². The van der Waals surface area contributed by atoms with E-state index >= 15 is 0 Å². The van der Waals surface area contributed by atoms with Crippen LogP contribution in [0.15, 0.2) is 24.3 Å². The number of likely N-dealkylation sites (tertiary alicyclic amines) is 1. The number of nitrogens with zero attached hydrogens (tertiary/aromatic N) is 1. The Bertz CT molecular complexity index is 533. The number of halogens is 1.